The highest BCUT2D eigenvalue weighted by atomic mass is 16.6. The van der Waals surface area contributed by atoms with E-state index in [0.29, 0.717) is 23.3 Å². The quantitative estimate of drug-likeness (QED) is 0.340. The van der Waals surface area contributed by atoms with Crippen LogP contribution in [0.15, 0.2) is 34.9 Å². The molecule has 3 heterocycles. The van der Waals surface area contributed by atoms with Crippen LogP contribution in [-0.2, 0) is 30.9 Å². The van der Waals surface area contributed by atoms with Crippen LogP contribution < -0.4 is 9.47 Å². The summed E-state index contributed by atoms with van der Waals surface area (Å²) >= 11 is 0. The second-order valence-corrected chi connectivity index (χ2v) is 14.0. The minimum atomic E-state index is -1.76. The zero-order valence-electron chi connectivity index (χ0n) is 26.3. The van der Waals surface area contributed by atoms with Crippen molar-refractivity contribution in [2.75, 3.05) is 7.11 Å². The number of hydrogen-bond acceptors (Lipinski definition) is 8. The number of aromatic hydroxyl groups is 1. The van der Waals surface area contributed by atoms with Gasteiger partial charge >= 0.3 is 5.97 Å². The lowest BCUT2D eigenvalue weighted by atomic mass is 9.49. The third-order valence-electron chi connectivity index (χ3n) is 10.7. The van der Waals surface area contributed by atoms with E-state index in [1.165, 1.54) is 20.1 Å². The van der Waals surface area contributed by atoms with Crippen LogP contribution in [0.2, 0.25) is 0 Å². The fraction of sp³-hybridized carbons (Fsp3) is 0.559. The number of rotatable bonds is 6. The van der Waals surface area contributed by atoms with Gasteiger partial charge in [0.15, 0.2) is 17.0 Å². The summed E-state index contributed by atoms with van der Waals surface area (Å²) in [7, 11) is 1.43. The van der Waals surface area contributed by atoms with Crippen LogP contribution in [0.1, 0.15) is 89.7 Å². The van der Waals surface area contributed by atoms with Gasteiger partial charge in [0.1, 0.15) is 34.5 Å². The number of ketones is 2. The Labute approximate surface area is 251 Å². The monoisotopic (exact) mass is 592 g/mol. The number of carboxylic acids is 1. The predicted octanol–water partition coefficient (Wildman–Crippen LogP) is 5.16. The zero-order chi connectivity index (χ0) is 31.7. The average molecular weight is 593 g/mol. The SMILES string of the molecule is CO[C@@]12C=C3C(=O)c4c(O)c(CC=C(C)C)c5c(c4O[C@]34[C@@H](C1)C(C)(C)O[C@]4(CC=C(C)C(=O)O)C2=O)C(C)(C)[C@H](C)O5. The Morgan fingerprint density at radius 2 is 1.79 bits per heavy atom. The predicted molar refractivity (Wildman–Crippen MR) is 157 cm³/mol. The van der Waals surface area contributed by atoms with Crippen molar-refractivity contribution in [3.8, 4) is 17.2 Å². The molecule has 2 fully saturated rings. The van der Waals surface area contributed by atoms with Crippen LogP contribution in [0.5, 0.6) is 17.2 Å². The lowest BCUT2D eigenvalue weighted by molar-refractivity contribution is -0.190. The van der Waals surface area contributed by atoms with Crippen LogP contribution in [0.25, 0.3) is 0 Å². The standard InChI is InChI=1S/C34H40O9/c1-16(2)10-11-19-24(35)22-25(36)20-14-32(40-9)15-21-31(7,8)43-33(29(32)39,13-12-17(3)28(37)38)34(20,21)42-27(22)23-26(19)41-18(4)30(23,5)6/h10,12,14,18,21,35H,11,13,15H2,1-9H3,(H,37,38)/t18-,21-,32-,33+,34-/m0/s1. The zero-order valence-corrected chi connectivity index (χ0v) is 26.3. The Morgan fingerprint density at radius 3 is 2.40 bits per heavy atom. The summed E-state index contributed by atoms with van der Waals surface area (Å²) < 4.78 is 26.1. The third kappa shape index (κ3) is 3.43. The molecule has 230 valence electrons. The van der Waals surface area contributed by atoms with E-state index in [1.807, 2.05) is 54.5 Å². The van der Waals surface area contributed by atoms with Gasteiger partial charge in [-0.3, -0.25) is 9.59 Å². The number of fused-ring (bicyclic) bond motifs is 3. The van der Waals surface area contributed by atoms with E-state index in [2.05, 4.69) is 0 Å². The van der Waals surface area contributed by atoms with Gasteiger partial charge in [-0.1, -0.05) is 31.6 Å². The van der Waals surface area contributed by atoms with Crippen LogP contribution in [0.4, 0.5) is 0 Å². The van der Waals surface area contributed by atoms with E-state index in [0.717, 1.165) is 5.57 Å². The first-order chi connectivity index (χ1) is 19.9. The summed E-state index contributed by atoms with van der Waals surface area (Å²) in [6.45, 7) is 15.1. The Hall–Kier alpha value is -3.43. The van der Waals surface area contributed by atoms with Crippen molar-refractivity contribution < 1.29 is 43.5 Å². The van der Waals surface area contributed by atoms with E-state index < -0.39 is 51.3 Å². The van der Waals surface area contributed by atoms with Gasteiger partial charge in [0, 0.05) is 47.1 Å². The van der Waals surface area contributed by atoms with E-state index >= 15 is 0 Å². The molecule has 0 aromatic heterocycles. The molecule has 0 amide bonds. The molecule has 2 N–H and O–H groups in total. The highest BCUT2D eigenvalue weighted by Gasteiger charge is 2.84. The first-order valence-corrected chi connectivity index (χ1v) is 14.8. The molecule has 1 aromatic rings. The third-order valence-corrected chi connectivity index (χ3v) is 10.7. The number of hydrogen-bond donors (Lipinski definition) is 2. The smallest absolute Gasteiger partial charge is 0.330 e. The summed E-state index contributed by atoms with van der Waals surface area (Å²) in [5.74, 6) is -2.05. The number of carbonyl (C=O) groups is 3. The Morgan fingerprint density at radius 1 is 1.12 bits per heavy atom. The summed E-state index contributed by atoms with van der Waals surface area (Å²) in [5.41, 5.74) is -3.91. The van der Waals surface area contributed by atoms with Gasteiger partial charge in [0.25, 0.3) is 0 Å². The molecule has 1 spiro atoms. The van der Waals surface area contributed by atoms with Gasteiger partial charge in [-0.05, 0) is 60.5 Å². The minimum absolute atomic E-state index is 0.0365. The maximum atomic E-state index is 14.8. The number of methoxy groups -OCH3 is 1. The fourth-order valence-corrected chi connectivity index (χ4v) is 8.02. The van der Waals surface area contributed by atoms with Gasteiger partial charge in [-0.15, -0.1) is 0 Å². The number of ether oxygens (including phenoxy) is 4. The van der Waals surface area contributed by atoms with Gasteiger partial charge in [-0.25, -0.2) is 4.79 Å². The van der Waals surface area contributed by atoms with E-state index in [4.69, 9.17) is 18.9 Å². The average Bonchev–Trinajstić information content (AvgIpc) is 3.25. The minimum Gasteiger partial charge on any atom is -0.507 e. The molecule has 3 aliphatic carbocycles. The number of benzene rings is 1. The van der Waals surface area contributed by atoms with E-state index in [9.17, 15) is 24.6 Å². The Bertz CT molecular complexity index is 1600. The van der Waals surface area contributed by atoms with E-state index in [1.54, 1.807) is 6.08 Å². The molecule has 0 radical (unpaired) electrons. The fourth-order valence-electron chi connectivity index (χ4n) is 8.02. The number of carboxylic acid groups (broad SMARTS) is 1. The van der Waals surface area contributed by atoms with Crippen molar-refractivity contribution in [2.24, 2.45) is 5.92 Å². The molecule has 1 saturated carbocycles. The second-order valence-electron chi connectivity index (χ2n) is 14.0. The van der Waals surface area contributed by atoms with Crippen LogP contribution in [0.3, 0.4) is 0 Å². The molecule has 43 heavy (non-hydrogen) atoms. The molecule has 6 aliphatic rings. The summed E-state index contributed by atoms with van der Waals surface area (Å²) in [6, 6.07) is 0. The molecule has 3 aliphatic heterocycles. The number of phenols is 1. The molecule has 5 atom stereocenters. The summed E-state index contributed by atoms with van der Waals surface area (Å²) in [4.78, 5) is 41.2. The first kappa shape index (κ1) is 29.6. The molecular weight excluding hydrogens is 552 g/mol. The van der Waals surface area contributed by atoms with Crippen molar-refractivity contribution in [1.82, 2.24) is 0 Å². The van der Waals surface area contributed by atoms with Crippen molar-refractivity contribution >= 4 is 17.5 Å². The van der Waals surface area contributed by atoms with Gasteiger partial charge < -0.3 is 29.2 Å². The molecule has 4 bridgehead atoms. The van der Waals surface area contributed by atoms with Crippen LogP contribution in [-0.4, -0.2) is 63.4 Å². The maximum absolute atomic E-state index is 14.8. The second kappa shape index (κ2) is 8.82. The molecule has 7 rings (SSSR count). The number of aliphatic carboxylic acids is 1. The molecular formula is C34H40O9. The van der Waals surface area contributed by atoms with E-state index in [-0.39, 0.29) is 47.2 Å². The van der Waals surface area contributed by atoms with Crippen LogP contribution >= 0.6 is 0 Å². The molecule has 9 heteroatoms. The Kier molecular flexibility index (Phi) is 6.08. The topological polar surface area (TPSA) is 129 Å². The van der Waals surface area contributed by atoms with Crippen LogP contribution in [0, 0.1) is 5.92 Å². The van der Waals surface area contributed by atoms with Crippen molar-refractivity contribution in [3.63, 3.8) is 0 Å². The Balaban J connectivity index is 1.70. The highest BCUT2D eigenvalue weighted by molar-refractivity contribution is 6.20. The number of carbonyl (C=O) groups excluding carboxylic acids is 2. The molecule has 9 nitrogen and oxygen atoms in total. The first-order valence-electron chi connectivity index (χ1n) is 14.8. The van der Waals surface area contributed by atoms with Gasteiger partial charge in [0.2, 0.25) is 5.78 Å². The number of Topliss-reactive ketones (excluding diaryl/α,β-unsaturated/α-hetero) is 2. The summed E-state index contributed by atoms with van der Waals surface area (Å²) in [6.07, 6.45) is 5.11. The maximum Gasteiger partial charge on any atom is 0.330 e. The number of allylic oxidation sites excluding steroid dienone is 2. The lowest BCUT2D eigenvalue weighted by Crippen LogP contribution is -2.77. The molecule has 1 saturated heterocycles. The van der Waals surface area contributed by atoms with Gasteiger partial charge in [-0.2, -0.15) is 0 Å². The van der Waals surface area contributed by atoms with Gasteiger partial charge in [0.05, 0.1) is 5.60 Å². The number of phenolic OH excluding ortho intramolecular Hbond substituents is 1. The van der Waals surface area contributed by atoms with Crippen molar-refractivity contribution in [1.29, 1.82) is 0 Å². The normalized spacial score (nSPS) is 34.1. The molecule has 1 aromatic carbocycles. The largest absolute Gasteiger partial charge is 0.507 e. The van der Waals surface area contributed by atoms with Crippen molar-refractivity contribution in [2.45, 2.75) is 109 Å². The lowest BCUT2D eigenvalue weighted by Gasteiger charge is -2.59. The summed E-state index contributed by atoms with van der Waals surface area (Å²) in [5, 5.41) is 21.4. The van der Waals surface area contributed by atoms with Crippen molar-refractivity contribution in [3.05, 3.63) is 51.6 Å². The highest BCUT2D eigenvalue weighted by Crippen LogP contribution is 2.70. The molecule has 0 unspecified atom stereocenters.